The summed E-state index contributed by atoms with van der Waals surface area (Å²) in [7, 11) is 0. The van der Waals surface area contributed by atoms with Crippen molar-refractivity contribution in [3.8, 4) is 0 Å². The van der Waals surface area contributed by atoms with E-state index in [-0.39, 0.29) is 38.4 Å². The molecule has 0 aliphatic rings. The number of rotatable bonds is 22. The highest BCUT2D eigenvalue weighted by Crippen LogP contribution is 2.11. The van der Waals surface area contributed by atoms with Crippen molar-refractivity contribution in [2.45, 2.75) is 129 Å². The fourth-order valence-corrected chi connectivity index (χ4v) is 3.08. The molecular weight excluding hydrogens is 440 g/mol. The Balaban J connectivity index is 0. The van der Waals surface area contributed by atoms with Crippen LogP contribution in [0.25, 0.3) is 0 Å². The molecule has 0 aromatic carbocycles. The number of hydrogen-bond acceptors (Lipinski definition) is 8. The molecule has 0 saturated heterocycles. The zero-order valence-electron chi connectivity index (χ0n) is 21.7. The summed E-state index contributed by atoms with van der Waals surface area (Å²) in [5.41, 5.74) is 0. The first-order chi connectivity index (χ1) is 16.4. The molecule has 2 unspecified atom stereocenters. The van der Waals surface area contributed by atoms with Crippen LogP contribution in [-0.4, -0.2) is 71.0 Å². The smallest absolute Gasteiger partial charge is 0.305 e. The van der Waals surface area contributed by atoms with Crippen LogP contribution in [0.2, 0.25) is 0 Å². The van der Waals surface area contributed by atoms with Gasteiger partial charge in [-0.05, 0) is 12.8 Å². The van der Waals surface area contributed by atoms with Crippen LogP contribution in [0, 0.1) is 0 Å². The predicted molar refractivity (Wildman–Crippen MR) is 133 cm³/mol. The summed E-state index contributed by atoms with van der Waals surface area (Å²) in [6.45, 7) is 3.41. The molecule has 0 bridgehead atoms. The van der Waals surface area contributed by atoms with Crippen LogP contribution in [-0.2, 0) is 19.1 Å². The second kappa shape index (κ2) is 28.0. The van der Waals surface area contributed by atoms with E-state index in [1.54, 1.807) is 0 Å². The zero-order valence-corrected chi connectivity index (χ0v) is 21.7. The Bertz CT molecular complexity index is 445. The standard InChI is InChI=1S/C15H30O4.C11H22O4/c1-2-3-4-5-6-7-8-9-10-11-15(18)19-13-14(17)12-16;1-2-3-4-5-6-7-11(14)15-9-10(13)8-12/h14,16-17H,2-13H2,1H3;10,12-13H,2-9H2,1H3. The first-order valence-electron chi connectivity index (χ1n) is 13.3. The fourth-order valence-electron chi connectivity index (χ4n) is 3.08. The molecule has 8 nitrogen and oxygen atoms in total. The lowest BCUT2D eigenvalue weighted by atomic mass is 10.1. The second-order valence-electron chi connectivity index (χ2n) is 8.78. The minimum Gasteiger partial charge on any atom is -0.463 e. The summed E-state index contributed by atoms with van der Waals surface area (Å²) >= 11 is 0. The molecule has 8 heteroatoms. The van der Waals surface area contributed by atoms with Gasteiger partial charge in [0, 0.05) is 12.8 Å². The highest BCUT2D eigenvalue weighted by atomic mass is 16.5. The van der Waals surface area contributed by atoms with Crippen molar-refractivity contribution < 1.29 is 39.5 Å². The van der Waals surface area contributed by atoms with Gasteiger partial charge < -0.3 is 29.9 Å². The van der Waals surface area contributed by atoms with Gasteiger partial charge in [-0.15, -0.1) is 0 Å². The number of ether oxygens (including phenoxy) is 2. The molecule has 34 heavy (non-hydrogen) atoms. The fraction of sp³-hybridized carbons (Fsp3) is 0.923. The van der Waals surface area contributed by atoms with Gasteiger partial charge in [-0.25, -0.2) is 0 Å². The summed E-state index contributed by atoms with van der Waals surface area (Å²) in [6, 6.07) is 0. The molecule has 0 heterocycles. The average molecular weight is 493 g/mol. The number of carbonyl (C=O) groups is 2. The molecule has 204 valence electrons. The van der Waals surface area contributed by atoms with Gasteiger partial charge >= 0.3 is 11.9 Å². The van der Waals surface area contributed by atoms with Crippen LogP contribution in [0.3, 0.4) is 0 Å². The summed E-state index contributed by atoms with van der Waals surface area (Å²) < 4.78 is 9.57. The third-order valence-electron chi connectivity index (χ3n) is 5.26. The Labute approximate surface area is 207 Å². The number of unbranched alkanes of at least 4 members (excludes halogenated alkanes) is 12. The molecule has 2 atom stereocenters. The van der Waals surface area contributed by atoms with Gasteiger partial charge in [0.05, 0.1) is 13.2 Å². The van der Waals surface area contributed by atoms with E-state index in [4.69, 9.17) is 29.9 Å². The summed E-state index contributed by atoms with van der Waals surface area (Å²) in [4.78, 5) is 22.3. The van der Waals surface area contributed by atoms with Crippen molar-refractivity contribution in [2.24, 2.45) is 0 Å². The van der Waals surface area contributed by atoms with Gasteiger partial charge in [0.2, 0.25) is 0 Å². The van der Waals surface area contributed by atoms with E-state index in [0.29, 0.717) is 12.8 Å². The van der Waals surface area contributed by atoms with Gasteiger partial charge in [-0.1, -0.05) is 90.9 Å². The third-order valence-corrected chi connectivity index (χ3v) is 5.26. The van der Waals surface area contributed by atoms with Gasteiger partial charge in [-0.2, -0.15) is 0 Å². The largest absolute Gasteiger partial charge is 0.463 e. The van der Waals surface area contributed by atoms with Gasteiger partial charge in [-0.3, -0.25) is 9.59 Å². The van der Waals surface area contributed by atoms with E-state index in [9.17, 15) is 9.59 Å². The van der Waals surface area contributed by atoms with Gasteiger partial charge in [0.1, 0.15) is 25.4 Å². The molecule has 0 aliphatic heterocycles. The zero-order chi connectivity index (χ0) is 25.9. The Hall–Kier alpha value is -1.22. The number of esters is 2. The van der Waals surface area contributed by atoms with Crippen molar-refractivity contribution in [1.82, 2.24) is 0 Å². The highest BCUT2D eigenvalue weighted by Gasteiger charge is 2.08. The van der Waals surface area contributed by atoms with E-state index >= 15 is 0 Å². The first-order valence-corrected chi connectivity index (χ1v) is 13.3. The van der Waals surface area contributed by atoms with Crippen LogP contribution >= 0.6 is 0 Å². The maximum atomic E-state index is 11.3. The van der Waals surface area contributed by atoms with Crippen LogP contribution in [0.1, 0.15) is 117 Å². The van der Waals surface area contributed by atoms with Crippen LogP contribution in [0.5, 0.6) is 0 Å². The van der Waals surface area contributed by atoms with E-state index in [2.05, 4.69) is 13.8 Å². The molecule has 0 aromatic heterocycles. The summed E-state index contributed by atoms with van der Waals surface area (Å²) in [5.74, 6) is -0.575. The minimum atomic E-state index is -0.952. The monoisotopic (exact) mass is 492 g/mol. The van der Waals surface area contributed by atoms with Crippen molar-refractivity contribution in [3.05, 3.63) is 0 Å². The van der Waals surface area contributed by atoms with E-state index < -0.39 is 12.2 Å². The van der Waals surface area contributed by atoms with E-state index in [0.717, 1.165) is 32.1 Å². The quantitative estimate of drug-likeness (QED) is 0.131. The molecule has 0 aromatic rings. The van der Waals surface area contributed by atoms with Crippen molar-refractivity contribution in [1.29, 1.82) is 0 Å². The Morgan fingerprint density at radius 3 is 1.15 bits per heavy atom. The second-order valence-corrected chi connectivity index (χ2v) is 8.78. The molecule has 0 amide bonds. The van der Waals surface area contributed by atoms with Crippen molar-refractivity contribution in [2.75, 3.05) is 26.4 Å². The van der Waals surface area contributed by atoms with Crippen LogP contribution in [0.4, 0.5) is 0 Å². The Kier molecular flexibility index (Phi) is 28.8. The Morgan fingerprint density at radius 2 is 0.853 bits per heavy atom. The average Bonchev–Trinajstić information content (AvgIpc) is 2.84. The maximum absolute atomic E-state index is 11.3. The van der Waals surface area contributed by atoms with Crippen molar-refractivity contribution >= 4 is 11.9 Å². The first kappa shape index (κ1) is 34.9. The number of carbonyl (C=O) groups excluding carboxylic acids is 2. The lowest BCUT2D eigenvalue weighted by Gasteiger charge is -2.08. The SMILES string of the molecule is CCCCCCCC(=O)OCC(O)CO.CCCCCCCCCCCC(=O)OCC(O)CO. The van der Waals surface area contributed by atoms with Crippen molar-refractivity contribution in [3.63, 3.8) is 0 Å². The third kappa shape index (κ3) is 28.8. The minimum absolute atomic E-state index is 0.104. The van der Waals surface area contributed by atoms with Crippen LogP contribution in [0.15, 0.2) is 0 Å². The summed E-state index contributed by atoms with van der Waals surface area (Å²) in [5, 5.41) is 35.0. The van der Waals surface area contributed by atoms with E-state index in [1.807, 2.05) is 0 Å². The molecule has 0 aliphatic carbocycles. The van der Waals surface area contributed by atoms with Gasteiger partial charge in [0.25, 0.3) is 0 Å². The number of aliphatic hydroxyl groups is 4. The maximum Gasteiger partial charge on any atom is 0.305 e. The topological polar surface area (TPSA) is 134 Å². The molecular formula is C26H52O8. The molecule has 0 saturated carbocycles. The lowest BCUT2D eigenvalue weighted by molar-refractivity contribution is -0.148. The molecule has 4 N–H and O–H groups in total. The highest BCUT2D eigenvalue weighted by molar-refractivity contribution is 5.69. The number of hydrogen-bond donors (Lipinski definition) is 4. The Morgan fingerprint density at radius 1 is 0.559 bits per heavy atom. The van der Waals surface area contributed by atoms with Crippen LogP contribution < -0.4 is 0 Å². The normalized spacial score (nSPS) is 12.4. The molecule has 0 spiro atoms. The molecule has 0 fully saturated rings. The van der Waals surface area contributed by atoms with Gasteiger partial charge in [0.15, 0.2) is 0 Å². The number of aliphatic hydroxyl groups excluding tert-OH is 4. The molecule has 0 radical (unpaired) electrons. The molecule has 0 rings (SSSR count). The lowest BCUT2D eigenvalue weighted by Crippen LogP contribution is -2.21. The van der Waals surface area contributed by atoms with E-state index in [1.165, 1.54) is 57.8 Å². The summed E-state index contributed by atoms with van der Waals surface area (Å²) in [6.07, 6.45) is 15.3. The predicted octanol–water partition coefficient (Wildman–Crippen LogP) is 4.05.